The molecule has 9 heteroatoms. The maximum atomic E-state index is 10.1. The zero-order valence-corrected chi connectivity index (χ0v) is 16.2. The summed E-state index contributed by atoms with van der Waals surface area (Å²) in [6, 6.07) is 7.08. The van der Waals surface area contributed by atoms with Gasteiger partial charge in [-0.15, -0.1) is 0 Å². The van der Waals surface area contributed by atoms with Crippen LogP contribution >= 0.6 is 0 Å². The minimum atomic E-state index is -0.524. The molecule has 0 bridgehead atoms. The van der Waals surface area contributed by atoms with Crippen LogP contribution in [-0.4, -0.2) is 41.4 Å². The van der Waals surface area contributed by atoms with Crippen LogP contribution in [0.15, 0.2) is 42.9 Å². The third-order valence-corrected chi connectivity index (χ3v) is 4.99. The Labute approximate surface area is 168 Å². The van der Waals surface area contributed by atoms with Crippen molar-refractivity contribution in [2.45, 2.75) is 31.8 Å². The molecule has 1 saturated carbocycles. The first-order valence-electron chi connectivity index (χ1n) is 9.61. The van der Waals surface area contributed by atoms with Crippen LogP contribution in [0, 0.1) is 16.7 Å². The van der Waals surface area contributed by atoms with Crippen LogP contribution in [0.4, 0.5) is 11.8 Å². The number of nitrogens with one attached hydrogen (secondary N) is 3. The lowest BCUT2D eigenvalue weighted by Crippen LogP contribution is -2.28. The first kappa shape index (κ1) is 19.0. The van der Waals surface area contributed by atoms with E-state index in [0.29, 0.717) is 17.6 Å². The second-order valence-corrected chi connectivity index (χ2v) is 7.38. The van der Waals surface area contributed by atoms with E-state index < -0.39 is 6.10 Å². The van der Waals surface area contributed by atoms with Crippen LogP contribution in [0.3, 0.4) is 0 Å². The van der Waals surface area contributed by atoms with Gasteiger partial charge in [-0.25, -0.2) is 9.97 Å². The summed E-state index contributed by atoms with van der Waals surface area (Å²) in [6.07, 6.45) is 7.83. The van der Waals surface area contributed by atoms with Crippen molar-refractivity contribution in [2.24, 2.45) is 13.0 Å². The number of aromatic nitrogens is 5. The van der Waals surface area contributed by atoms with E-state index in [2.05, 4.69) is 20.4 Å². The Morgan fingerprint density at radius 2 is 2.14 bits per heavy atom. The summed E-state index contributed by atoms with van der Waals surface area (Å²) in [4.78, 5) is 8.75. The van der Waals surface area contributed by atoms with Gasteiger partial charge in [-0.1, -0.05) is 12.8 Å². The topological polar surface area (TPSA) is 128 Å². The Morgan fingerprint density at radius 1 is 1.31 bits per heavy atom. The van der Waals surface area contributed by atoms with Crippen molar-refractivity contribution in [3.05, 3.63) is 48.3 Å². The number of anilines is 2. The second kappa shape index (κ2) is 7.96. The van der Waals surface area contributed by atoms with Gasteiger partial charge in [0, 0.05) is 37.5 Å². The standard InChI is InChI=1S/C20H24N8O/c1-27-19(5-8-24-27)26-20-23-7-4-16(25-20)14-6-9-28(17(21)11-14)18(22)12-15(29)10-13-2-3-13/h4-9,11,13,15,21-22,29H,2-3,10,12H2,1H3,(H,23,25,26). The number of hydrogen-bond donors (Lipinski definition) is 4. The summed E-state index contributed by atoms with van der Waals surface area (Å²) in [5.41, 5.74) is 1.60. The highest BCUT2D eigenvalue weighted by Crippen LogP contribution is 2.34. The van der Waals surface area contributed by atoms with Gasteiger partial charge in [0.15, 0.2) is 0 Å². The molecule has 3 heterocycles. The van der Waals surface area contributed by atoms with Crippen molar-refractivity contribution < 1.29 is 5.11 Å². The Hall–Kier alpha value is -3.33. The summed E-state index contributed by atoms with van der Waals surface area (Å²) < 4.78 is 3.17. The minimum Gasteiger partial charge on any atom is -0.393 e. The summed E-state index contributed by atoms with van der Waals surface area (Å²) in [6.45, 7) is 0. The molecule has 4 N–H and O–H groups in total. The Kier molecular flexibility index (Phi) is 5.22. The molecule has 0 amide bonds. The predicted octanol–water partition coefficient (Wildman–Crippen LogP) is 2.28. The predicted molar refractivity (Wildman–Crippen MR) is 109 cm³/mol. The lowest BCUT2D eigenvalue weighted by Gasteiger charge is -2.14. The van der Waals surface area contributed by atoms with Gasteiger partial charge in [0.25, 0.3) is 0 Å². The van der Waals surface area contributed by atoms with E-state index in [1.807, 2.05) is 19.2 Å². The zero-order chi connectivity index (χ0) is 20.4. The van der Waals surface area contributed by atoms with Crippen molar-refractivity contribution in [1.29, 1.82) is 10.8 Å². The van der Waals surface area contributed by atoms with Crippen molar-refractivity contribution in [3.63, 3.8) is 0 Å². The summed E-state index contributed by atoms with van der Waals surface area (Å²) in [7, 11) is 1.82. The second-order valence-electron chi connectivity index (χ2n) is 7.38. The maximum Gasteiger partial charge on any atom is 0.228 e. The van der Waals surface area contributed by atoms with E-state index in [0.717, 1.165) is 17.8 Å². The SMILES string of the molecule is Cn1nccc1Nc1nccc(-c2ccn(C(=N)CC(O)CC3CC3)c(=N)c2)n1. The number of hydrogen-bond acceptors (Lipinski definition) is 7. The number of aliphatic hydroxyl groups is 1. The highest BCUT2D eigenvalue weighted by atomic mass is 16.3. The third kappa shape index (κ3) is 4.57. The van der Waals surface area contributed by atoms with E-state index in [4.69, 9.17) is 10.8 Å². The van der Waals surface area contributed by atoms with Gasteiger partial charge in [-0.2, -0.15) is 5.10 Å². The van der Waals surface area contributed by atoms with E-state index in [1.54, 1.807) is 35.4 Å². The summed E-state index contributed by atoms with van der Waals surface area (Å²) in [5.74, 6) is 2.03. The first-order chi connectivity index (χ1) is 14.0. The van der Waals surface area contributed by atoms with Gasteiger partial charge in [0.05, 0.1) is 18.0 Å². The highest BCUT2D eigenvalue weighted by Gasteiger charge is 2.25. The molecule has 1 aliphatic rings. The molecule has 0 aliphatic heterocycles. The fourth-order valence-electron chi connectivity index (χ4n) is 3.23. The first-order valence-corrected chi connectivity index (χ1v) is 9.61. The van der Waals surface area contributed by atoms with Crippen LogP contribution in [-0.2, 0) is 7.05 Å². The molecule has 0 aromatic carbocycles. The van der Waals surface area contributed by atoms with Gasteiger partial charge in [-0.05, 0) is 30.5 Å². The van der Waals surface area contributed by atoms with Crippen LogP contribution in [0.25, 0.3) is 11.3 Å². The van der Waals surface area contributed by atoms with Gasteiger partial charge in [0.1, 0.15) is 17.1 Å². The molecule has 3 aromatic heterocycles. The number of rotatable bonds is 7. The maximum absolute atomic E-state index is 10.1. The van der Waals surface area contributed by atoms with E-state index in [-0.39, 0.29) is 17.7 Å². The van der Waals surface area contributed by atoms with E-state index in [1.165, 1.54) is 17.4 Å². The van der Waals surface area contributed by atoms with Gasteiger partial charge in [0.2, 0.25) is 5.95 Å². The molecule has 3 aromatic rings. The number of aliphatic hydroxyl groups excluding tert-OH is 1. The lowest BCUT2D eigenvalue weighted by molar-refractivity contribution is 0.164. The van der Waals surface area contributed by atoms with Crippen molar-refractivity contribution in [1.82, 2.24) is 24.3 Å². The smallest absolute Gasteiger partial charge is 0.228 e. The average Bonchev–Trinajstić information content (AvgIpc) is 3.42. The largest absolute Gasteiger partial charge is 0.393 e. The Morgan fingerprint density at radius 3 is 2.83 bits per heavy atom. The van der Waals surface area contributed by atoms with E-state index in [9.17, 15) is 5.11 Å². The number of aryl methyl sites for hydroxylation is 1. The van der Waals surface area contributed by atoms with Crippen molar-refractivity contribution in [3.8, 4) is 11.3 Å². The fourth-order valence-corrected chi connectivity index (χ4v) is 3.23. The van der Waals surface area contributed by atoms with Crippen LogP contribution in [0.5, 0.6) is 0 Å². The normalized spacial score (nSPS) is 14.6. The molecular weight excluding hydrogens is 368 g/mol. The molecule has 1 atom stereocenters. The summed E-state index contributed by atoms with van der Waals surface area (Å²) >= 11 is 0. The monoisotopic (exact) mass is 392 g/mol. The fraction of sp³-hybridized carbons (Fsp3) is 0.350. The molecule has 0 spiro atoms. The van der Waals surface area contributed by atoms with Gasteiger partial charge < -0.3 is 10.4 Å². The van der Waals surface area contributed by atoms with Crippen molar-refractivity contribution >= 4 is 17.6 Å². The van der Waals surface area contributed by atoms with Crippen LogP contribution in [0.2, 0.25) is 0 Å². The van der Waals surface area contributed by atoms with Gasteiger partial charge >= 0.3 is 0 Å². The molecular formula is C20H24N8O. The molecule has 4 rings (SSSR count). The van der Waals surface area contributed by atoms with Crippen LogP contribution < -0.4 is 10.8 Å². The third-order valence-electron chi connectivity index (χ3n) is 4.99. The van der Waals surface area contributed by atoms with E-state index >= 15 is 0 Å². The van der Waals surface area contributed by atoms with Crippen LogP contribution in [0.1, 0.15) is 25.7 Å². The molecule has 0 radical (unpaired) electrons. The zero-order valence-electron chi connectivity index (χ0n) is 16.2. The van der Waals surface area contributed by atoms with Crippen molar-refractivity contribution in [2.75, 3.05) is 5.32 Å². The Balaban J connectivity index is 1.50. The van der Waals surface area contributed by atoms with Gasteiger partial charge in [-0.3, -0.25) is 20.1 Å². The highest BCUT2D eigenvalue weighted by molar-refractivity contribution is 5.82. The molecule has 1 aliphatic carbocycles. The lowest BCUT2D eigenvalue weighted by atomic mass is 10.1. The molecule has 29 heavy (non-hydrogen) atoms. The number of nitrogens with zero attached hydrogens (tertiary/aromatic N) is 5. The average molecular weight is 392 g/mol. The summed E-state index contributed by atoms with van der Waals surface area (Å²) in [5, 5.41) is 33.9. The Bertz CT molecular complexity index is 1080. The quantitative estimate of drug-likeness (QED) is 0.362. The molecule has 150 valence electrons. The minimum absolute atomic E-state index is 0.172. The molecule has 1 unspecified atom stereocenters. The number of pyridine rings is 1. The molecule has 1 fully saturated rings. The molecule has 0 saturated heterocycles. The molecule has 9 nitrogen and oxygen atoms in total.